The molecule has 1 saturated heterocycles. The van der Waals surface area contributed by atoms with Gasteiger partial charge in [-0.15, -0.1) is 0 Å². The highest BCUT2D eigenvalue weighted by molar-refractivity contribution is 4.72. The lowest BCUT2D eigenvalue weighted by Crippen LogP contribution is -2.35. The minimum Gasteiger partial charge on any atom is -0.353 e. The Morgan fingerprint density at radius 2 is 1.93 bits per heavy atom. The molecule has 0 bridgehead atoms. The third-order valence-corrected chi connectivity index (χ3v) is 2.87. The molecule has 3 nitrogen and oxygen atoms in total. The van der Waals surface area contributed by atoms with Gasteiger partial charge in [0.15, 0.2) is 6.29 Å². The average molecular weight is 215 g/mol. The van der Waals surface area contributed by atoms with Crippen LogP contribution in [0.4, 0.5) is 0 Å². The minimum absolute atomic E-state index is 0.00345. The summed E-state index contributed by atoms with van der Waals surface area (Å²) in [5, 5.41) is 3.55. The molecule has 3 heteroatoms. The zero-order valence-corrected chi connectivity index (χ0v) is 10.1. The van der Waals surface area contributed by atoms with Crippen molar-refractivity contribution in [2.45, 2.75) is 58.3 Å². The van der Waals surface area contributed by atoms with Crippen LogP contribution in [0, 0.1) is 0 Å². The van der Waals surface area contributed by atoms with Crippen molar-refractivity contribution in [1.29, 1.82) is 0 Å². The number of rotatable bonds is 7. The first-order valence-corrected chi connectivity index (χ1v) is 6.33. The Morgan fingerprint density at radius 1 is 1.20 bits per heavy atom. The van der Waals surface area contributed by atoms with E-state index in [1.165, 1.54) is 32.2 Å². The van der Waals surface area contributed by atoms with Crippen molar-refractivity contribution < 1.29 is 9.47 Å². The van der Waals surface area contributed by atoms with Gasteiger partial charge in [-0.25, -0.2) is 0 Å². The smallest absolute Gasteiger partial charge is 0.157 e. The lowest BCUT2D eigenvalue weighted by atomic mass is 10.0. The maximum atomic E-state index is 5.52. The van der Waals surface area contributed by atoms with E-state index in [0.29, 0.717) is 6.04 Å². The van der Waals surface area contributed by atoms with Crippen molar-refractivity contribution in [3.63, 3.8) is 0 Å². The standard InChI is InChI=1S/C12H25NO2/c1-3-14-12(15-4-2)9-8-11-7-5-6-10-13-11/h11-13H,3-10H2,1-2H3/t11-/m1/s1. The van der Waals surface area contributed by atoms with E-state index in [9.17, 15) is 0 Å². The van der Waals surface area contributed by atoms with E-state index in [4.69, 9.17) is 9.47 Å². The second-order valence-electron chi connectivity index (χ2n) is 4.06. The Bertz CT molecular complexity index is 141. The molecule has 1 aliphatic rings. The van der Waals surface area contributed by atoms with E-state index >= 15 is 0 Å². The molecule has 90 valence electrons. The van der Waals surface area contributed by atoms with Crippen LogP contribution in [-0.4, -0.2) is 32.1 Å². The van der Waals surface area contributed by atoms with Crippen LogP contribution < -0.4 is 5.32 Å². The van der Waals surface area contributed by atoms with E-state index in [-0.39, 0.29) is 6.29 Å². The van der Waals surface area contributed by atoms with E-state index < -0.39 is 0 Å². The first-order chi connectivity index (χ1) is 7.36. The highest BCUT2D eigenvalue weighted by Crippen LogP contribution is 2.14. The van der Waals surface area contributed by atoms with Gasteiger partial charge < -0.3 is 14.8 Å². The monoisotopic (exact) mass is 215 g/mol. The zero-order valence-electron chi connectivity index (χ0n) is 10.1. The van der Waals surface area contributed by atoms with Crippen LogP contribution in [0.2, 0.25) is 0 Å². The van der Waals surface area contributed by atoms with Crippen LogP contribution in [0.25, 0.3) is 0 Å². The predicted octanol–water partition coefficient (Wildman–Crippen LogP) is 2.31. The molecule has 0 aromatic carbocycles. The Labute approximate surface area is 93.5 Å². The van der Waals surface area contributed by atoms with Crippen LogP contribution in [0.3, 0.4) is 0 Å². The Kier molecular flexibility index (Phi) is 6.98. The molecule has 0 amide bonds. The molecule has 0 spiro atoms. The predicted molar refractivity (Wildman–Crippen MR) is 61.9 cm³/mol. The maximum absolute atomic E-state index is 5.52. The van der Waals surface area contributed by atoms with Crippen LogP contribution >= 0.6 is 0 Å². The Hall–Kier alpha value is -0.120. The zero-order chi connectivity index (χ0) is 10.9. The fraction of sp³-hybridized carbons (Fsp3) is 1.00. The van der Waals surface area contributed by atoms with Crippen LogP contribution in [0.1, 0.15) is 46.0 Å². The fourth-order valence-corrected chi connectivity index (χ4v) is 2.09. The maximum Gasteiger partial charge on any atom is 0.157 e. The third-order valence-electron chi connectivity index (χ3n) is 2.87. The first-order valence-electron chi connectivity index (χ1n) is 6.33. The number of nitrogens with one attached hydrogen (secondary N) is 1. The molecule has 0 saturated carbocycles. The van der Waals surface area contributed by atoms with Crippen molar-refractivity contribution in [2.24, 2.45) is 0 Å². The minimum atomic E-state index is 0.00345. The summed E-state index contributed by atoms with van der Waals surface area (Å²) in [4.78, 5) is 0. The molecule has 0 aliphatic carbocycles. The highest BCUT2D eigenvalue weighted by atomic mass is 16.7. The summed E-state index contributed by atoms with van der Waals surface area (Å²) in [6.07, 6.45) is 6.20. The van der Waals surface area contributed by atoms with Crippen LogP contribution in [0.5, 0.6) is 0 Å². The van der Waals surface area contributed by atoms with E-state index in [1.54, 1.807) is 0 Å². The van der Waals surface area contributed by atoms with E-state index in [0.717, 1.165) is 19.6 Å². The normalized spacial score (nSPS) is 22.2. The molecule has 0 aromatic rings. The first kappa shape index (κ1) is 12.9. The van der Waals surface area contributed by atoms with Gasteiger partial charge in [-0.3, -0.25) is 0 Å². The molecule has 1 aliphatic heterocycles. The molecule has 0 radical (unpaired) electrons. The molecule has 1 heterocycles. The van der Waals surface area contributed by atoms with Gasteiger partial charge in [0.05, 0.1) is 0 Å². The molecule has 1 rings (SSSR count). The van der Waals surface area contributed by atoms with E-state index in [1.807, 2.05) is 13.8 Å². The van der Waals surface area contributed by atoms with E-state index in [2.05, 4.69) is 5.32 Å². The number of piperidine rings is 1. The van der Waals surface area contributed by atoms with Gasteiger partial charge in [0.25, 0.3) is 0 Å². The Balaban J connectivity index is 2.13. The third kappa shape index (κ3) is 5.50. The van der Waals surface area contributed by atoms with Gasteiger partial charge in [0.2, 0.25) is 0 Å². The van der Waals surface area contributed by atoms with Crippen LogP contribution in [-0.2, 0) is 9.47 Å². The van der Waals surface area contributed by atoms with Gasteiger partial charge in [-0.1, -0.05) is 6.42 Å². The fourth-order valence-electron chi connectivity index (χ4n) is 2.09. The SMILES string of the molecule is CCOC(CC[C@H]1CCCCN1)OCC. The van der Waals surface area contributed by atoms with Crippen LogP contribution in [0.15, 0.2) is 0 Å². The van der Waals surface area contributed by atoms with Crippen molar-refractivity contribution in [1.82, 2.24) is 5.32 Å². The van der Waals surface area contributed by atoms with Gasteiger partial charge in [0, 0.05) is 19.3 Å². The summed E-state index contributed by atoms with van der Waals surface area (Å²) < 4.78 is 11.0. The molecular formula is C12H25NO2. The number of hydrogen-bond acceptors (Lipinski definition) is 3. The molecule has 0 aromatic heterocycles. The van der Waals surface area contributed by atoms with Crippen molar-refractivity contribution in [3.8, 4) is 0 Å². The van der Waals surface area contributed by atoms with Gasteiger partial charge in [0.1, 0.15) is 0 Å². The summed E-state index contributed by atoms with van der Waals surface area (Å²) in [5.74, 6) is 0. The largest absolute Gasteiger partial charge is 0.353 e. The van der Waals surface area contributed by atoms with Crippen molar-refractivity contribution >= 4 is 0 Å². The van der Waals surface area contributed by atoms with Gasteiger partial charge >= 0.3 is 0 Å². The topological polar surface area (TPSA) is 30.5 Å². The van der Waals surface area contributed by atoms with Gasteiger partial charge in [-0.2, -0.15) is 0 Å². The number of hydrogen-bond donors (Lipinski definition) is 1. The lowest BCUT2D eigenvalue weighted by molar-refractivity contribution is -0.141. The average Bonchev–Trinajstić information content (AvgIpc) is 2.28. The van der Waals surface area contributed by atoms with Gasteiger partial charge in [-0.05, 0) is 46.1 Å². The summed E-state index contributed by atoms with van der Waals surface area (Å²) in [5.41, 5.74) is 0. The molecule has 1 atom stereocenters. The quantitative estimate of drug-likeness (QED) is 0.661. The molecule has 0 unspecified atom stereocenters. The molecule has 15 heavy (non-hydrogen) atoms. The summed E-state index contributed by atoms with van der Waals surface area (Å²) in [6.45, 7) is 6.69. The Morgan fingerprint density at radius 3 is 2.47 bits per heavy atom. The molecule has 1 N–H and O–H groups in total. The molecule has 1 fully saturated rings. The summed E-state index contributed by atoms with van der Waals surface area (Å²) >= 11 is 0. The van der Waals surface area contributed by atoms with Crippen molar-refractivity contribution in [3.05, 3.63) is 0 Å². The lowest BCUT2D eigenvalue weighted by Gasteiger charge is -2.25. The number of ether oxygens (including phenoxy) is 2. The second kappa shape index (κ2) is 8.08. The summed E-state index contributed by atoms with van der Waals surface area (Å²) in [7, 11) is 0. The van der Waals surface area contributed by atoms with Crippen molar-refractivity contribution in [2.75, 3.05) is 19.8 Å². The second-order valence-corrected chi connectivity index (χ2v) is 4.06. The molecular weight excluding hydrogens is 190 g/mol. The summed E-state index contributed by atoms with van der Waals surface area (Å²) in [6, 6.07) is 0.683. The highest BCUT2D eigenvalue weighted by Gasteiger charge is 2.15.